The molecule has 0 aromatic heterocycles. The van der Waals surface area contributed by atoms with Crippen molar-refractivity contribution in [3.63, 3.8) is 0 Å². The van der Waals surface area contributed by atoms with Crippen LogP contribution in [0.3, 0.4) is 0 Å². The molecule has 0 bridgehead atoms. The van der Waals surface area contributed by atoms with Crippen molar-refractivity contribution in [2.45, 2.75) is 29.7 Å². The first kappa shape index (κ1) is 14.8. The van der Waals surface area contributed by atoms with E-state index in [-0.39, 0.29) is 4.05 Å². The summed E-state index contributed by atoms with van der Waals surface area (Å²) in [5.74, 6) is 0. The van der Waals surface area contributed by atoms with Crippen molar-refractivity contribution in [3.05, 3.63) is 71.3 Å². The SMILES string of the molecule is NC(I)C1=CC(c2ccc(C3=CCCC=C3)cc2)=CCC1. The zero-order chi connectivity index (χ0) is 14.7. The molecule has 1 atom stereocenters. The Kier molecular flexibility index (Phi) is 4.76. The molecule has 0 spiro atoms. The summed E-state index contributed by atoms with van der Waals surface area (Å²) in [5.41, 5.74) is 12.6. The first-order chi connectivity index (χ1) is 10.2. The monoisotopic (exact) mass is 389 g/mol. The smallest absolute Gasteiger partial charge is 0.0787 e. The minimum absolute atomic E-state index is 0.128. The van der Waals surface area contributed by atoms with Gasteiger partial charge in [-0.1, -0.05) is 77.2 Å². The van der Waals surface area contributed by atoms with Gasteiger partial charge in [-0.2, -0.15) is 0 Å². The molecule has 2 aliphatic carbocycles. The number of nitrogens with two attached hydrogens (primary N) is 1. The molecule has 1 nitrogen and oxygen atoms in total. The van der Waals surface area contributed by atoms with Gasteiger partial charge >= 0.3 is 0 Å². The molecule has 3 rings (SSSR count). The average molecular weight is 389 g/mol. The fourth-order valence-electron chi connectivity index (χ4n) is 2.83. The molecule has 21 heavy (non-hydrogen) atoms. The normalized spacial score (nSPS) is 19.6. The maximum absolute atomic E-state index is 6.01. The Morgan fingerprint density at radius 1 is 0.905 bits per heavy atom. The van der Waals surface area contributed by atoms with Crippen LogP contribution in [0.15, 0.2) is 60.2 Å². The number of hydrogen-bond donors (Lipinski definition) is 1. The van der Waals surface area contributed by atoms with Gasteiger partial charge in [-0.05, 0) is 53.5 Å². The third kappa shape index (κ3) is 3.55. The number of rotatable bonds is 3. The number of alkyl halides is 1. The van der Waals surface area contributed by atoms with E-state index in [0.29, 0.717) is 0 Å². The molecule has 0 fully saturated rings. The number of hydrogen-bond acceptors (Lipinski definition) is 1. The lowest BCUT2D eigenvalue weighted by Crippen LogP contribution is -2.15. The van der Waals surface area contributed by atoms with E-state index in [1.54, 1.807) is 0 Å². The van der Waals surface area contributed by atoms with Crippen molar-refractivity contribution in [2.75, 3.05) is 0 Å². The quantitative estimate of drug-likeness (QED) is 0.427. The molecular formula is C19H20IN. The Morgan fingerprint density at radius 2 is 1.57 bits per heavy atom. The van der Waals surface area contributed by atoms with Crippen LogP contribution in [-0.2, 0) is 0 Å². The highest BCUT2D eigenvalue weighted by atomic mass is 127. The molecule has 0 amide bonds. The van der Waals surface area contributed by atoms with Gasteiger partial charge in [0, 0.05) is 0 Å². The van der Waals surface area contributed by atoms with Crippen LogP contribution in [0.4, 0.5) is 0 Å². The van der Waals surface area contributed by atoms with Crippen molar-refractivity contribution in [2.24, 2.45) is 5.73 Å². The molecule has 2 N–H and O–H groups in total. The summed E-state index contributed by atoms with van der Waals surface area (Å²) >= 11 is 2.29. The highest BCUT2D eigenvalue weighted by Crippen LogP contribution is 2.29. The lowest BCUT2D eigenvalue weighted by molar-refractivity contribution is 0.905. The van der Waals surface area contributed by atoms with E-state index >= 15 is 0 Å². The molecular weight excluding hydrogens is 369 g/mol. The Morgan fingerprint density at radius 3 is 2.19 bits per heavy atom. The highest BCUT2D eigenvalue weighted by Gasteiger charge is 2.11. The molecule has 1 aromatic carbocycles. The third-order valence-electron chi connectivity index (χ3n) is 4.04. The topological polar surface area (TPSA) is 26.0 Å². The van der Waals surface area contributed by atoms with Gasteiger partial charge in [-0.25, -0.2) is 0 Å². The van der Waals surface area contributed by atoms with Gasteiger partial charge in [-0.3, -0.25) is 0 Å². The third-order valence-corrected chi connectivity index (χ3v) is 4.84. The van der Waals surface area contributed by atoms with Crippen LogP contribution >= 0.6 is 22.6 Å². The second kappa shape index (κ2) is 6.75. The summed E-state index contributed by atoms with van der Waals surface area (Å²) in [6, 6.07) is 8.90. The maximum Gasteiger partial charge on any atom is 0.0787 e. The highest BCUT2D eigenvalue weighted by molar-refractivity contribution is 14.1. The molecule has 2 heteroatoms. The summed E-state index contributed by atoms with van der Waals surface area (Å²) in [7, 11) is 0. The van der Waals surface area contributed by atoms with E-state index in [0.717, 1.165) is 19.3 Å². The second-order valence-electron chi connectivity index (χ2n) is 5.54. The zero-order valence-electron chi connectivity index (χ0n) is 12.1. The van der Waals surface area contributed by atoms with Gasteiger partial charge in [0.2, 0.25) is 0 Å². The van der Waals surface area contributed by atoms with E-state index in [2.05, 4.69) is 77.2 Å². The molecule has 1 unspecified atom stereocenters. The number of halogens is 1. The van der Waals surface area contributed by atoms with E-state index in [9.17, 15) is 0 Å². The predicted octanol–water partition coefficient (Wildman–Crippen LogP) is 5.24. The standard InChI is InChI=1S/C19H20IN/c20-19(21)18-8-4-7-17(13-18)16-11-9-15(10-12-16)14-5-2-1-3-6-14/h2,5-7,9-13,19H,1,3-4,8,21H2. The van der Waals surface area contributed by atoms with Crippen molar-refractivity contribution in [1.29, 1.82) is 0 Å². The lowest BCUT2D eigenvalue weighted by Gasteiger charge is -2.16. The molecule has 0 saturated heterocycles. The van der Waals surface area contributed by atoms with Crippen molar-refractivity contribution in [1.82, 2.24) is 0 Å². The van der Waals surface area contributed by atoms with Crippen LogP contribution < -0.4 is 5.73 Å². The van der Waals surface area contributed by atoms with Crippen molar-refractivity contribution in [3.8, 4) is 0 Å². The summed E-state index contributed by atoms with van der Waals surface area (Å²) in [5, 5.41) is 0. The molecule has 108 valence electrons. The van der Waals surface area contributed by atoms with Gasteiger partial charge < -0.3 is 5.73 Å². The summed E-state index contributed by atoms with van der Waals surface area (Å²) in [6.07, 6.45) is 15.9. The van der Waals surface area contributed by atoms with Crippen molar-refractivity contribution < 1.29 is 0 Å². The Labute approximate surface area is 140 Å². The van der Waals surface area contributed by atoms with Crippen LogP contribution in [0.2, 0.25) is 0 Å². The summed E-state index contributed by atoms with van der Waals surface area (Å²) in [6.45, 7) is 0. The summed E-state index contributed by atoms with van der Waals surface area (Å²) in [4.78, 5) is 0. The zero-order valence-corrected chi connectivity index (χ0v) is 14.2. The van der Waals surface area contributed by atoms with Gasteiger partial charge in [0.25, 0.3) is 0 Å². The van der Waals surface area contributed by atoms with Crippen molar-refractivity contribution >= 4 is 33.7 Å². The number of benzene rings is 1. The Bertz CT molecular complexity index is 630. The van der Waals surface area contributed by atoms with Crippen LogP contribution in [0.1, 0.15) is 36.8 Å². The van der Waals surface area contributed by atoms with Gasteiger partial charge in [0.1, 0.15) is 0 Å². The summed E-state index contributed by atoms with van der Waals surface area (Å²) < 4.78 is 0.128. The van der Waals surface area contributed by atoms with Crippen LogP contribution in [0, 0.1) is 0 Å². The molecule has 0 radical (unpaired) electrons. The van der Waals surface area contributed by atoms with Crippen LogP contribution in [0.5, 0.6) is 0 Å². The molecule has 2 aliphatic rings. The van der Waals surface area contributed by atoms with Crippen LogP contribution in [-0.4, -0.2) is 4.05 Å². The van der Waals surface area contributed by atoms with Gasteiger partial charge in [-0.15, -0.1) is 0 Å². The second-order valence-corrected chi connectivity index (χ2v) is 6.88. The molecule has 0 saturated carbocycles. The fourth-order valence-corrected chi connectivity index (χ4v) is 3.32. The van der Waals surface area contributed by atoms with E-state index in [1.807, 2.05) is 0 Å². The predicted molar refractivity (Wildman–Crippen MR) is 100 cm³/mol. The average Bonchev–Trinajstić information content (AvgIpc) is 2.56. The molecule has 0 heterocycles. The lowest BCUT2D eigenvalue weighted by atomic mass is 9.92. The van der Waals surface area contributed by atoms with Gasteiger partial charge in [0.05, 0.1) is 4.05 Å². The molecule has 1 aromatic rings. The molecule has 0 aliphatic heterocycles. The van der Waals surface area contributed by atoms with E-state index in [1.165, 1.54) is 34.3 Å². The minimum atomic E-state index is 0.128. The number of allylic oxidation sites excluding steroid dienone is 7. The Balaban J connectivity index is 1.83. The van der Waals surface area contributed by atoms with Gasteiger partial charge in [0.15, 0.2) is 0 Å². The van der Waals surface area contributed by atoms with Crippen LogP contribution in [0.25, 0.3) is 11.1 Å². The Hall–Kier alpha value is -1.13. The first-order valence-electron chi connectivity index (χ1n) is 7.52. The fraction of sp³-hybridized carbons (Fsp3) is 0.263. The maximum atomic E-state index is 6.01. The minimum Gasteiger partial charge on any atom is -0.316 e. The van der Waals surface area contributed by atoms with E-state index < -0.39 is 0 Å². The first-order valence-corrected chi connectivity index (χ1v) is 8.76. The van der Waals surface area contributed by atoms with E-state index in [4.69, 9.17) is 5.73 Å². The largest absolute Gasteiger partial charge is 0.316 e.